The lowest BCUT2D eigenvalue weighted by Gasteiger charge is -2.43. The number of rotatable bonds is 2. The highest BCUT2D eigenvalue weighted by Crippen LogP contribution is 2.49. The number of amides is 1. The number of fused-ring (bicyclic) bond motifs is 1. The van der Waals surface area contributed by atoms with E-state index in [1.165, 1.54) is 11.0 Å². The van der Waals surface area contributed by atoms with Gasteiger partial charge in [0.1, 0.15) is 29.9 Å². The number of halogens is 1. The van der Waals surface area contributed by atoms with Gasteiger partial charge in [-0.15, -0.1) is 11.6 Å². The van der Waals surface area contributed by atoms with Crippen molar-refractivity contribution in [2.45, 2.75) is 50.9 Å². The van der Waals surface area contributed by atoms with E-state index in [0.29, 0.717) is 0 Å². The molecule has 1 heterocycles. The normalized spacial score (nSPS) is 36.4. The van der Waals surface area contributed by atoms with E-state index < -0.39 is 29.3 Å². The first-order chi connectivity index (χ1) is 9.12. The molecule has 1 saturated heterocycles. The van der Waals surface area contributed by atoms with Crippen LogP contribution in [0, 0.1) is 5.41 Å². The number of ether oxygens (including phenoxy) is 2. The maximum Gasteiger partial charge on any atom is 0.412 e. The Balaban J connectivity index is 2.28. The van der Waals surface area contributed by atoms with Crippen LogP contribution in [0.2, 0.25) is 0 Å². The molecule has 1 saturated carbocycles. The van der Waals surface area contributed by atoms with E-state index in [1.54, 1.807) is 6.92 Å². The molecule has 6 heteroatoms. The molecule has 0 aromatic heterocycles. The topological polar surface area (TPSA) is 55.8 Å². The Morgan fingerprint density at radius 1 is 1.60 bits per heavy atom. The van der Waals surface area contributed by atoms with E-state index >= 15 is 0 Å². The summed E-state index contributed by atoms with van der Waals surface area (Å²) in [5.41, 5.74) is -0.349. The largest absolute Gasteiger partial charge is 0.445 e. The molecule has 0 bridgehead atoms. The summed E-state index contributed by atoms with van der Waals surface area (Å²) in [4.78, 5) is 24.6. The smallest absolute Gasteiger partial charge is 0.412 e. The fourth-order valence-corrected chi connectivity index (χ4v) is 2.91. The van der Waals surface area contributed by atoms with Crippen LogP contribution in [0.4, 0.5) is 4.79 Å². The predicted molar refractivity (Wildman–Crippen MR) is 74.6 cm³/mol. The van der Waals surface area contributed by atoms with Gasteiger partial charge in [-0.25, -0.2) is 4.79 Å². The van der Waals surface area contributed by atoms with Crippen LogP contribution in [0.5, 0.6) is 0 Å². The molecule has 0 unspecified atom stereocenters. The molecule has 0 aromatic rings. The molecular weight excluding hydrogens is 282 g/mol. The molecule has 1 aliphatic carbocycles. The monoisotopic (exact) mass is 301 g/mol. The third-order valence-electron chi connectivity index (χ3n) is 3.68. The summed E-state index contributed by atoms with van der Waals surface area (Å²) in [5, 5.41) is 0. The standard InChI is InChI=1S/C14H20ClNO4/c1-6-7-19-12(18)16-8-9(17)14(5,15)10(8)20-11(16)13(2,3)4/h6,8,10-11H,1,7H2,2-5H3/t8-,10-,11+,14-/m0/s1. The lowest BCUT2D eigenvalue weighted by molar-refractivity contribution is -0.139. The Hall–Kier alpha value is -1.07. The van der Waals surface area contributed by atoms with Crippen molar-refractivity contribution in [1.29, 1.82) is 0 Å². The number of ketones is 1. The zero-order chi connectivity index (χ0) is 15.3. The summed E-state index contributed by atoms with van der Waals surface area (Å²) >= 11 is 6.18. The minimum atomic E-state index is -1.07. The molecule has 2 aliphatic rings. The van der Waals surface area contributed by atoms with Gasteiger partial charge in [-0.2, -0.15) is 0 Å². The van der Waals surface area contributed by atoms with E-state index in [9.17, 15) is 9.59 Å². The highest BCUT2D eigenvalue weighted by Gasteiger charge is 2.69. The van der Waals surface area contributed by atoms with Crippen molar-refractivity contribution in [3.63, 3.8) is 0 Å². The minimum Gasteiger partial charge on any atom is -0.445 e. The van der Waals surface area contributed by atoms with Crippen LogP contribution in [0.15, 0.2) is 12.7 Å². The molecule has 1 amide bonds. The molecular formula is C14H20ClNO4. The molecule has 4 atom stereocenters. The number of alkyl halides is 1. The zero-order valence-corrected chi connectivity index (χ0v) is 12.9. The fraction of sp³-hybridized carbons (Fsp3) is 0.714. The number of hydrogen-bond acceptors (Lipinski definition) is 4. The lowest BCUT2D eigenvalue weighted by atomic mass is 9.75. The van der Waals surface area contributed by atoms with Crippen LogP contribution in [-0.2, 0) is 14.3 Å². The van der Waals surface area contributed by atoms with Gasteiger partial charge in [-0.3, -0.25) is 9.69 Å². The number of carbonyl (C=O) groups is 2. The van der Waals surface area contributed by atoms with E-state index in [2.05, 4.69) is 6.58 Å². The Bertz CT molecular complexity index is 455. The van der Waals surface area contributed by atoms with Gasteiger partial charge < -0.3 is 9.47 Å². The highest BCUT2D eigenvalue weighted by atomic mass is 35.5. The van der Waals surface area contributed by atoms with Crippen molar-refractivity contribution in [2.75, 3.05) is 6.61 Å². The molecule has 1 aliphatic heterocycles. The van der Waals surface area contributed by atoms with Gasteiger partial charge in [0.05, 0.1) is 0 Å². The van der Waals surface area contributed by atoms with E-state index in [-0.39, 0.29) is 17.8 Å². The maximum atomic E-state index is 12.2. The molecule has 5 nitrogen and oxygen atoms in total. The Morgan fingerprint density at radius 2 is 2.20 bits per heavy atom. The second-order valence-electron chi connectivity index (χ2n) is 6.43. The summed E-state index contributed by atoms with van der Waals surface area (Å²) in [5.74, 6) is -0.202. The number of nitrogens with zero attached hydrogens (tertiary/aromatic N) is 1. The van der Waals surface area contributed by atoms with Crippen molar-refractivity contribution in [3.05, 3.63) is 12.7 Å². The minimum absolute atomic E-state index is 0.0932. The average molecular weight is 302 g/mol. The molecule has 0 aromatic carbocycles. The number of carbonyl (C=O) groups excluding carboxylic acids is 2. The van der Waals surface area contributed by atoms with Crippen molar-refractivity contribution in [1.82, 2.24) is 4.90 Å². The molecule has 112 valence electrons. The van der Waals surface area contributed by atoms with Crippen LogP contribution >= 0.6 is 11.6 Å². The van der Waals surface area contributed by atoms with Gasteiger partial charge in [0, 0.05) is 5.41 Å². The third kappa shape index (κ3) is 2.13. The Labute approximate surface area is 123 Å². The van der Waals surface area contributed by atoms with Gasteiger partial charge in [0.25, 0.3) is 0 Å². The van der Waals surface area contributed by atoms with Gasteiger partial charge >= 0.3 is 6.09 Å². The van der Waals surface area contributed by atoms with Crippen molar-refractivity contribution in [3.8, 4) is 0 Å². The molecule has 2 rings (SSSR count). The first-order valence-electron chi connectivity index (χ1n) is 6.57. The highest BCUT2D eigenvalue weighted by molar-refractivity contribution is 6.39. The summed E-state index contributed by atoms with van der Waals surface area (Å²) in [6, 6.07) is -0.654. The van der Waals surface area contributed by atoms with Crippen molar-refractivity contribution < 1.29 is 19.1 Å². The lowest BCUT2D eigenvalue weighted by Crippen LogP contribution is -2.68. The second kappa shape index (κ2) is 4.74. The SMILES string of the molecule is C=CCOC(=O)N1[C@H]2C(=O)[C@](C)(Cl)[C@H]2O[C@@H]1C(C)(C)C. The Kier molecular flexibility index (Phi) is 3.63. The first kappa shape index (κ1) is 15.3. The predicted octanol–water partition coefficient (Wildman–Crippen LogP) is 2.33. The van der Waals surface area contributed by atoms with Crippen LogP contribution in [-0.4, -0.2) is 46.6 Å². The molecule has 0 spiro atoms. The van der Waals surface area contributed by atoms with E-state index in [1.807, 2.05) is 20.8 Å². The number of Topliss-reactive ketones (excluding diaryl/α,β-unsaturated/α-hetero) is 1. The summed E-state index contributed by atoms with van der Waals surface area (Å²) < 4.78 is 10.9. The van der Waals surface area contributed by atoms with E-state index in [0.717, 1.165) is 0 Å². The van der Waals surface area contributed by atoms with Crippen molar-refractivity contribution in [2.24, 2.45) is 5.41 Å². The fourth-order valence-electron chi connectivity index (χ4n) is 2.63. The average Bonchev–Trinajstić information content (AvgIpc) is 2.73. The molecule has 0 radical (unpaired) electrons. The summed E-state index contributed by atoms with van der Waals surface area (Å²) in [6.45, 7) is 11.0. The zero-order valence-electron chi connectivity index (χ0n) is 12.2. The van der Waals surface area contributed by atoms with Gasteiger partial charge in [0.15, 0.2) is 5.78 Å². The van der Waals surface area contributed by atoms with E-state index in [4.69, 9.17) is 21.1 Å². The first-order valence-corrected chi connectivity index (χ1v) is 6.95. The quantitative estimate of drug-likeness (QED) is 0.580. The molecule has 20 heavy (non-hydrogen) atoms. The van der Waals surface area contributed by atoms with Crippen LogP contribution < -0.4 is 0 Å². The number of hydrogen-bond donors (Lipinski definition) is 0. The van der Waals surface area contributed by atoms with Gasteiger partial charge in [-0.05, 0) is 6.92 Å². The molecule has 0 N–H and O–H groups in total. The second-order valence-corrected chi connectivity index (χ2v) is 7.22. The maximum absolute atomic E-state index is 12.2. The summed E-state index contributed by atoms with van der Waals surface area (Å²) in [7, 11) is 0. The Morgan fingerprint density at radius 3 is 2.70 bits per heavy atom. The van der Waals surface area contributed by atoms with Crippen LogP contribution in [0.25, 0.3) is 0 Å². The summed E-state index contributed by atoms with van der Waals surface area (Å²) in [6.07, 6.45) is -0.124. The van der Waals surface area contributed by atoms with Gasteiger partial charge in [-0.1, -0.05) is 33.4 Å². The van der Waals surface area contributed by atoms with Crippen molar-refractivity contribution >= 4 is 23.5 Å². The third-order valence-corrected chi connectivity index (χ3v) is 4.08. The van der Waals surface area contributed by atoms with Gasteiger partial charge in [0.2, 0.25) is 0 Å². The van der Waals surface area contributed by atoms with Crippen LogP contribution in [0.1, 0.15) is 27.7 Å². The van der Waals surface area contributed by atoms with Crippen LogP contribution in [0.3, 0.4) is 0 Å². The molecule has 2 fully saturated rings.